The molecule has 1 unspecified atom stereocenters. The largest absolute Gasteiger partial charge is 0.463 e. The molecular formula is C17H26O8. The third kappa shape index (κ3) is 12.9. The molecule has 8 heteroatoms. The van der Waals surface area contributed by atoms with Crippen LogP contribution in [0, 0.1) is 5.92 Å². The minimum absolute atomic E-state index is 0.0286. The van der Waals surface area contributed by atoms with Crippen LogP contribution in [0.15, 0.2) is 0 Å². The first-order valence-corrected chi connectivity index (χ1v) is 8.10. The minimum atomic E-state index is -0.620. The number of carbonyl (C=O) groups excluding carboxylic acids is 5. The number of aldehydes is 1. The maximum Gasteiger partial charge on any atom is 0.302 e. The van der Waals surface area contributed by atoms with Gasteiger partial charge in [-0.2, -0.15) is 0 Å². The second-order valence-corrected chi connectivity index (χ2v) is 5.67. The van der Waals surface area contributed by atoms with Gasteiger partial charge in [0, 0.05) is 45.6 Å². The molecular weight excluding hydrogens is 332 g/mol. The summed E-state index contributed by atoms with van der Waals surface area (Å²) in [7, 11) is 0. The monoisotopic (exact) mass is 358 g/mol. The fourth-order valence-corrected chi connectivity index (χ4v) is 2.06. The molecule has 0 heterocycles. The molecule has 25 heavy (non-hydrogen) atoms. The molecule has 0 aromatic rings. The number of ether oxygens (including phenoxy) is 3. The first-order valence-electron chi connectivity index (χ1n) is 8.10. The average molecular weight is 358 g/mol. The van der Waals surface area contributed by atoms with Gasteiger partial charge < -0.3 is 23.8 Å². The lowest BCUT2D eigenvalue weighted by atomic mass is 9.92. The standard InChI is InChI=1S/C17H26O8/c1-12(19)9-15(6-7-18)17(22)5-4-8-23-16(10-24-13(2)20)11-25-14(3)21/h7,15-16H,4-6,8-11H2,1-3H3. The van der Waals surface area contributed by atoms with E-state index in [1.54, 1.807) is 0 Å². The van der Waals surface area contributed by atoms with Crippen LogP contribution in [0.5, 0.6) is 0 Å². The van der Waals surface area contributed by atoms with Crippen molar-refractivity contribution >= 4 is 29.8 Å². The van der Waals surface area contributed by atoms with Crippen molar-refractivity contribution in [2.75, 3.05) is 19.8 Å². The van der Waals surface area contributed by atoms with Crippen molar-refractivity contribution in [1.82, 2.24) is 0 Å². The highest BCUT2D eigenvalue weighted by atomic mass is 16.6. The zero-order valence-corrected chi connectivity index (χ0v) is 14.9. The quantitative estimate of drug-likeness (QED) is 0.257. The topological polar surface area (TPSA) is 113 Å². The van der Waals surface area contributed by atoms with E-state index in [2.05, 4.69) is 0 Å². The van der Waals surface area contributed by atoms with Crippen LogP contribution in [0.2, 0.25) is 0 Å². The Morgan fingerprint density at radius 3 is 1.96 bits per heavy atom. The molecule has 0 N–H and O–H groups in total. The number of ketones is 2. The highest BCUT2D eigenvalue weighted by Crippen LogP contribution is 2.13. The van der Waals surface area contributed by atoms with Gasteiger partial charge in [-0.05, 0) is 13.3 Å². The van der Waals surface area contributed by atoms with E-state index in [1.165, 1.54) is 20.8 Å². The lowest BCUT2D eigenvalue weighted by Gasteiger charge is -2.17. The number of hydrogen-bond acceptors (Lipinski definition) is 8. The van der Waals surface area contributed by atoms with Gasteiger partial charge in [0.1, 0.15) is 37.2 Å². The minimum Gasteiger partial charge on any atom is -0.463 e. The van der Waals surface area contributed by atoms with Crippen molar-refractivity contribution in [3.63, 3.8) is 0 Å². The molecule has 0 spiro atoms. The number of hydrogen-bond donors (Lipinski definition) is 0. The molecule has 0 saturated carbocycles. The highest BCUT2D eigenvalue weighted by Gasteiger charge is 2.20. The van der Waals surface area contributed by atoms with Crippen molar-refractivity contribution in [3.8, 4) is 0 Å². The Kier molecular flexibility index (Phi) is 12.1. The lowest BCUT2D eigenvalue weighted by Crippen LogP contribution is -2.28. The maximum absolute atomic E-state index is 12.0. The molecule has 0 bridgehead atoms. The first kappa shape index (κ1) is 22.9. The summed E-state index contributed by atoms with van der Waals surface area (Å²) in [4.78, 5) is 55.5. The normalized spacial score (nSPS) is 11.7. The first-order chi connectivity index (χ1) is 11.8. The second-order valence-electron chi connectivity index (χ2n) is 5.67. The van der Waals surface area contributed by atoms with E-state index in [9.17, 15) is 24.0 Å². The van der Waals surface area contributed by atoms with Crippen LogP contribution in [0.25, 0.3) is 0 Å². The maximum atomic E-state index is 12.0. The lowest BCUT2D eigenvalue weighted by molar-refractivity contribution is -0.152. The smallest absolute Gasteiger partial charge is 0.302 e. The van der Waals surface area contributed by atoms with E-state index >= 15 is 0 Å². The Morgan fingerprint density at radius 2 is 1.52 bits per heavy atom. The van der Waals surface area contributed by atoms with Gasteiger partial charge in [-0.15, -0.1) is 0 Å². The molecule has 0 aromatic heterocycles. The molecule has 0 aliphatic heterocycles. The van der Waals surface area contributed by atoms with Crippen molar-refractivity contribution in [3.05, 3.63) is 0 Å². The van der Waals surface area contributed by atoms with Gasteiger partial charge in [-0.25, -0.2) is 0 Å². The van der Waals surface area contributed by atoms with E-state index in [1.807, 2.05) is 0 Å². The highest BCUT2D eigenvalue weighted by molar-refractivity contribution is 5.88. The van der Waals surface area contributed by atoms with Crippen LogP contribution in [0.3, 0.4) is 0 Å². The third-order valence-electron chi connectivity index (χ3n) is 3.24. The van der Waals surface area contributed by atoms with Gasteiger partial charge in [0.15, 0.2) is 0 Å². The predicted octanol–water partition coefficient (Wildman–Crippen LogP) is 1.03. The van der Waals surface area contributed by atoms with E-state index in [4.69, 9.17) is 14.2 Å². The molecule has 0 saturated heterocycles. The summed E-state index contributed by atoms with van der Waals surface area (Å²) in [6.45, 7) is 3.95. The molecule has 0 aliphatic rings. The van der Waals surface area contributed by atoms with E-state index in [0.29, 0.717) is 12.7 Å². The zero-order chi connectivity index (χ0) is 19.2. The van der Waals surface area contributed by atoms with Gasteiger partial charge in [-0.3, -0.25) is 14.4 Å². The van der Waals surface area contributed by atoms with Crippen molar-refractivity contribution in [1.29, 1.82) is 0 Å². The number of rotatable bonds is 14. The fourth-order valence-electron chi connectivity index (χ4n) is 2.06. The number of carbonyl (C=O) groups is 5. The molecule has 8 nitrogen and oxygen atoms in total. The van der Waals surface area contributed by atoms with Crippen LogP contribution >= 0.6 is 0 Å². The Hall–Kier alpha value is -2.09. The summed E-state index contributed by atoms with van der Waals surface area (Å²) in [6.07, 6.45) is 0.644. The van der Waals surface area contributed by atoms with Crippen molar-refractivity contribution in [2.24, 2.45) is 5.92 Å². The second kappa shape index (κ2) is 13.2. The Morgan fingerprint density at radius 1 is 0.960 bits per heavy atom. The SMILES string of the molecule is CC(=O)CC(CC=O)C(=O)CCCOC(COC(C)=O)COC(C)=O. The van der Waals surface area contributed by atoms with E-state index < -0.39 is 24.0 Å². The predicted molar refractivity (Wildman–Crippen MR) is 86.7 cm³/mol. The molecule has 0 radical (unpaired) electrons. The average Bonchev–Trinajstić information content (AvgIpc) is 2.51. The van der Waals surface area contributed by atoms with Gasteiger partial charge >= 0.3 is 11.9 Å². The molecule has 0 rings (SSSR count). The number of esters is 2. The van der Waals surface area contributed by atoms with Gasteiger partial charge in [0.25, 0.3) is 0 Å². The van der Waals surface area contributed by atoms with Crippen LogP contribution in [-0.2, 0) is 38.2 Å². The summed E-state index contributed by atoms with van der Waals surface area (Å²) >= 11 is 0. The zero-order valence-electron chi connectivity index (χ0n) is 14.9. The summed E-state index contributed by atoms with van der Waals surface area (Å²) in [6, 6.07) is 0. The summed E-state index contributed by atoms with van der Waals surface area (Å²) in [5.41, 5.74) is 0. The molecule has 0 amide bonds. The van der Waals surface area contributed by atoms with E-state index in [-0.39, 0.29) is 50.6 Å². The van der Waals surface area contributed by atoms with E-state index in [0.717, 1.165) is 0 Å². The van der Waals surface area contributed by atoms with Crippen molar-refractivity contribution in [2.45, 2.75) is 52.6 Å². The van der Waals surface area contributed by atoms with Gasteiger partial charge in [0.05, 0.1) is 0 Å². The Balaban J connectivity index is 4.28. The van der Waals surface area contributed by atoms with Crippen LogP contribution in [0.4, 0.5) is 0 Å². The molecule has 0 aromatic carbocycles. The molecule has 0 fully saturated rings. The van der Waals surface area contributed by atoms with Gasteiger partial charge in [0.2, 0.25) is 0 Å². The molecule has 0 aliphatic carbocycles. The molecule has 142 valence electrons. The summed E-state index contributed by atoms with van der Waals surface area (Å²) in [5.74, 6) is -1.85. The Labute approximate surface area is 147 Å². The van der Waals surface area contributed by atoms with Crippen molar-refractivity contribution < 1.29 is 38.2 Å². The molecule has 1 atom stereocenters. The number of Topliss-reactive ketones (excluding diaryl/α,β-unsaturated/α-hetero) is 2. The third-order valence-corrected chi connectivity index (χ3v) is 3.24. The van der Waals surface area contributed by atoms with Crippen LogP contribution in [0.1, 0.15) is 46.5 Å². The van der Waals surface area contributed by atoms with Gasteiger partial charge in [-0.1, -0.05) is 0 Å². The van der Waals surface area contributed by atoms with Crippen LogP contribution < -0.4 is 0 Å². The fraction of sp³-hybridized carbons (Fsp3) is 0.706. The summed E-state index contributed by atoms with van der Waals surface area (Å²) < 4.78 is 15.1. The summed E-state index contributed by atoms with van der Waals surface area (Å²) in [5, 5.41) is 0. The van der Waals surface area contributed by atoms with Crippen LogP contribution in [-0.4, -0.2) is 55.7 Å². The Bertz CT molecular complexity index is 453.